The molecule has 0 aliphatic carbocycles. The number of hydrogen-bond acceptors (Lipinski definition) is 8. The maximum Gasteiger partial charge on any atom is 0.412 e. The van der Waals surface area contributed by atoms with Crippen LogP contribution in [-0.4, -0.2) is 61.1 Å². The van der Waals surface area contributed by atoms with E-state index in [2.05, 4.69) is 10.6 Å². The first-order chi connectivity index (χ1) is 16.2. The third kappa shape index (κ3) is 7.05. The largest absolute Gasteiger partial charge is 0.496 e. The molecular formula is C23H25N3O8. The van der Waals surface area contributed by atoms with Crippen LogP contribution in [0.1, 0.15) is 40.1 Å². The van der Waals surface area contributed by atoms with Crippen molar-refractivity contribution in [2.24, 2.45) is 0 Å². The molecule has 2 rings (SSSR count). The molecule has 11 nitrogen and oxygen atoms in total. The molecule has 1 atom stereocenters. The smallest absolute Gasteiger partial charge is 0.412 e. The minimum Gasteiger partial charge on any atom is -0.496 e. The second kappa shape index (κ2) is 12.0. The van der Waals surface area contributed by atoms with E-state index < -0.39 is 30.6 Å². The van der Waals surface area contributed by atoms with Crippen molar-refractivity contribution in [3.8, 4) is 11.5 Å². The quantitative estimate of drug-likeness (QED) is 0.233. The topological polar surface area (TPSA) is 164 Å². The highest BCUT2D eigenvalue weighted by Gasteiger charge is 2.21. The lowest BCUT2D eigenvalue weighted by Crippen LogP contribution is -2.38. The Bertz CT molecular complexity index is 1080. The molecule has 0 unspecified atom stereocenters. The van der Waals surface area contributed by atoms with Crippen molar-refractivity contribution in [3.63, 3.8) is 0 Å². The molecule has 2 aromatic rings. The Morgan fingerprint density at radius 3 is 2.29 bits per heavy atom. The highest BCUT2D eigenvalue weighted by atomic mass is 16.5. The van der Waals surface area contributed by atoms with Crippen molar-refractivity contribution in [2.45, 2.75) is 19.9 Å². The molecule has 34 heavy (non-hydrogen) atoms. The van der Waals surface area contributed by atoms with Crippen molar-refractivity contribution in [2.75, 3.05) is 20.3 Å². The van der Waals surface area contributed by atoms with Crippen LogP contribution in [0.3, 0.4) is 0 Å². The number of ether oxygens (including phenoxy) is 3. The summed E-state index contributed by atoms with van der Waals surface area (Å²) in [5.41, 5.74) is 0.722. The average molecular weight is 471 g/mol. The van der Waals surface area contributed by atoms with Gasteiger partial charge in [0.1, 0.15) is 17.3 Å². The Morgan fingerprint density at radius 2 is 1.71 bits per heavy atom. The average Bonchev–Trinajstić information content (AvgIpc) is 2.82. The number of carboxylic acid groups (broad SMARTS) is 1. The first kappa shape index (κ1) is 25.8. The maximum absolute atomic E-state index is 12.8. The van der Waals surface area contributed by atoms with Crippen LogP contribution in [0.15, 0.2) is 42.5 Å². The van der Waals surface area contributed by atoms with Gasteiger partial charge in [-0.2, -0.15) is 0 Å². The highest BCUT2D eigenvalue weighted by molar-refractivity contribution is 6.07. The van der Waals surface area contributed by atoms with Gasteiger partial charge in [0.25, 0.3) is 5.91 Å². The van der Waals surface area contributed by atoms with Gasteiger partial charge in [-0.3, -0.25) is 20.3 Å². The van der Waals surface area contributed by atoms with Gasteiger partial charge < -0.3 is 24.6 Å². The Hall–Kier alpha value is -4.41. The molecule has 0 spiro atoms. The standard InChI is InChI=1S/C23H25N3O8/c1-4-33-23(31)26-21(24)15-7-10-17(18(11-15)32-3)22(30)25-13(2)20(29)14-5-8-16(9-6-14)34-12-19(27)28/h5-11,13H,4,12H2,1-3H3,(H,25,30)(H,27,28)(H2,24,26,31)/t13-/m1/s1. The number of rotatable bonds is 10. The first-order valence-electron chi connectivity index (χ1n) is 10.2. The van der Waals surface area contributed by atoms with Crippen molar-refractivity contribution in [1.82, 2.24) is 10.6 Å². The number of aliphatic carboxylic acids is 1. The third-order valence-corrected chi connectivity index (χ3v) is 4.48. The number of benzene rings is 2. The molecule has 2 aromatic carbocycles. The summed E-state index contributed by atoms with van der Waals surface area (Å²) in [4.78, 5) is 47.5. The summed E-state index contributed by atoms with van der Waals surface area (Å²) in [5, 5.41) is 21.5. The lowest BCUT2D eigenvalue weighted by atomic mass is 10.0. The van der Waals surface area contributed by atoms with Crippen LogP contribution in [0.25, 0.3) is 0 Å². The van der Waals surface area contributed by atoms with Crippen molar-refractivity contribution >= 4 is 29.6 Å². The molecule has 0 bridgehead atoms. The van der Waals surface area contributed by atoms with Crippen molar-refractivity contribution in [3.05, 3.63) is 59.2 Å². The van der Waals surface area contributed by atoms with E-state index in [1.54, 1.807) is 6.92 Å². The second-order valence-electron chi connectivity index (χ2n) is 6.90. The summed E-state index contributed by atoms with van der Waals surface area (Å²) in [6.45, 7) is 2.81. The number of amidine groups is 1. The lowest BCUT2D eigenvalue weighted by molar-refractivity contribution is -0.139. The molecule has 0 aliphatic heterocycles. The summed E-state index contributed by atoms with van der Waals surface area (Å²) in [5.74, 6) is -1.85. The van der Waals surface area contributed by atoms with E-state index in [1.165, 1.54) is 56.5 Å². The van der Waals surface area contributed by atoms with Crippen LogP contribution >= 0.6 is 0 Å². The summed E-state index contributed by atoms with van der Waals surface area (Å²) < 4.78 is 15.0. The van der Waals surface area contributed by atoms with E-state index in [1.807, 2.05) is 0 Å². The Labute approximate surface area is 195 Å². The van der Waals surface area contributed by atoms with Gasteiger partial charge in [-0.05, 0) is 50.2 Å². The molecule has 0 aromatic heterocycles. The minimum absolute atomic E-state index is 0.132. The number of carbonyl (C=O) groups excluding carboxylic acids is 3. The number of amides is 2. The number of carboxylic acids is 1. The van der Waals surface area contributed by atoms with Crippen LogP contribution in [0.2, 0.25) is 0 Å². The van der Waals surface area contributed by atoms with Crippen molar-refractivity contribution in [1.29, 1.82) is 5.41 Å². The molecule has 2 amide bonds. The Kier molecular flexibility index (Phi) is 9.12. The van der Waals surface area contributed by atoms with Gasteiger partial charge >= 0.3 is 12.1 Å². The number of ketones is 1. The molecule has 0 saturated heterocycles. The van der Waals surface area contributed by atoms with Crippen molar-refractivity contribution < 1.29 is 38.5 Å². The SMILES string of the molecule is CCOC(=O)NC(=N)c1ccc(C(=O)N[C@H](C)C(=O)c2ccc(OCC(=O)O)cc2)c(OC)c1. The zero-order chi connectivity index (χ0) is 25.3. The van der Waals surface area contributed by atoms with Gasteiger partial charge in [0.2, 0.25) is 0 Å². The monoisotopic (exact) mass is 471 g/mol. The maximum atomic E-state index is 12.8. The van der Waals surface area contributed by atoms with Crippen LogP contribution in [-0.2, 0) is 9.53 Å². The molecular weight excluding hydrogens is 446 g/mol. The third-order valence-electron chi connectivity index (χ3n) is 4.48. The van der Waals surface area contributed by atoms with Crippen LogP contribution in [0, 0.1) is 5.41 Å². The fraction of sp³-hybridized carbons (Fsp3) is 0.261. The van der Waals surface area contributed by atoms with Gasteiger partial charge in [0.05, 0.1) is 25.3 Å². The molecule has 180 valence electrons. The van der Waals surface area contributed by atoms with Gasteiger partial charge in [-0.15, -0.1) is 0 Å². The van der Waals surface area contributed by atoms with E-state index in [0.717, 1.165) is 0 Å². The molecule has 0 heterocycles. The van der Waals surface area contributed by atoms with Crippen LogP contribution in [0.4, 0.5) is 4.79 Å². The fourth-order valence-corrected chi connectivity index (χ4v) is 2.83. The Morgan fingerprint density at radius 1 is 1.06 bits per heavy atom. The summed E-state index contributed by atoms with van der Waals surface area (Å²) >= 11 is 0. The second-order valence-corrected chi connectivity index (χ2v) is 6.90. The molecule has 0 fully saturated rings. The van der Waals surface area contributed by atoms with Crippen LogP contribution < -0.4 is 20.1 Å². The highest BCUT2D eigenvalue weighted by Crippen LogP contribution is 2.21. The number of methoxy groups -OCH3 is 1. The number of carbonyl (C=O) groups is 4. The van der Waals surface area contributed by atoms with E-state index in [9.17, 15) is 19.2 Å². The number of nitrogens with one attached hydrogen (secondary N) is 3. The molecule has 0 saturated carbocycles. The minimum atomic E-state index is -1.12. The Balaban J connectivity index is 2.07. The molecule has 0 radical (unpaired) electrons. The summed E-state index contributed by atoms with van der Waals surface area (Å²) in [6, 6.07) is 9.26. The zero-order valence-electron chi connectivity index (χ0n) is 18.8. The van der Waals surface area contributed by atoms with E-state index in [4.69, 9.17) is 24.7 Å². The van der Waals surface area contributed by atoms with E-state index >= 15 is 0 Å². The van der Waals surface area contributed by atoms with Gasteiger partial charge in [-0.1, -0.05) is 6.07 Å². The van der Waals surface area contributed by atoms with E-state index in [0.29, 0.717) is 11.3 Å². The number of alkyl carbamates (subject to hydrolysis) is 1. The molecule has 11 heteroatoms. The van der Waals surface area contributed by atoms with Crippen LogP contribution in [0.5, 0.6) is 11.5 Å². The lowest BCUT2D eigenvalue weighted by Gasteiger charge is -2.16. The number of hydrogen-bond donors (Lipinski definition) is 4. The molecule has 4 N–H and O–H groups in total. The molecule has 0 aliphatic rings. The first-order valence-corrected chi connectivity index (χ1v) is 10.2. The summed E-state index contributed by atoms with van der Waals surface area (Å²) in [6.07, 6.45) is -0.776. The van der Waals surface area contributed by atoms with Gasteiger partial charge in [0, 0.05) is 11.1 Å². The summed E-state index contributed by atoms with van der Waals surface area (Å²) in [7, 11) is 1.35. The van der Waals surface area contributed by atoms with E-state index in [-0.39, 0.29) is 35.1 Å². The zero-order valence-corrected chi connectivity index (χ0v) is 18.8. The van der Waals surface area contributed by atoms with Gasteiger partial charge in [-0.25, -0.2) is 9.59 Å². The van der Waals surface area contributed by atoms with Gasteiger partial charge in [0.15, 0.2) is 12.4 Å². The normalized spacial score (nSPS) is 11.0. The predicted octanol–water partition coefficient (Wildman–Crippen LogP) is 2.23. The number of Topliss-reactive ketones (excluding diaryl/α,β-unsaturated/α-hetero) is 1. The fourth-order valence-electron chi connectivity index (χ4n) is 2.83. The predicted molar refractivity (Wildman–Crippen MR) is 121 cm³/mol.